The summed E-state index contributed by atoms with van der Waals surface area (Å²) in [6, 6.07) is 0.872. The van der Waals surface area contributed by atoms with Crippen molar-refractivity contribution in [1.29, 1.82) is 0 Å². The third-order valence-corrected chi connectivity index (χ3v) is 4.46. The van der Waals surface area contributed by atoms with Crippen LogP contribution in [0.3, 0.4) is 0 Å². The lowest BCUT2D eigenvalue weighted by atomic mass is 9.99. The molecule has 4 nitrogen and oxygen atoms in total. The number of likely N-dealkylation sites (tertiary alicyclic amines) is 1. The third-order valence-electron chi connectivity index (χ3n) is 4.46. The average molecular weight is 253 g/mol. The lowest BCUT2D eigenvalue weighted by Crippen LogP contribution is -2.46. The zero-order chi connectivity index (χ0) is 13.0. The van der Waals surface area contributed by atoms with Crippen LogP contribution in [0.4, 0.5) is 0 Å². The summed E-state index contributed by atoms with van der Waals surface area (Å²) in [5.74, 6) is 0.323. The molecule has 2 saturated heterocycles. The number of carbonyl (C=O) groups excluding carboxylic acids is 1. The monoisotopic (exact) mass is 253 g/mol. The van der Waals surface area contributed by atoms with E-state index in [1.54, 1.807) is 0 Å². The largest absolute Gasteiger partial charge is 0.343 e. The summed E-state index contributed by atoms with van der Waals surface area (Å²) in [5.41, 5.74) is 0. The summed E-state index contributed by atoms with van der Waals surface area (Å²) < 4.78 is 0. The van der Waals surface area contributed by atoms with Crippen molar-refractivity contribution in [3.05, 3.63) is 0 Å². The number of piperidine rings is 2. The SMILES string of the molecule is CN1CCC(N(C)C(=O)CC2CCCCN2)CC1. The predicted octanol–water partition coefficient (Wildman–Crippen LogP) is 1.07. The summed E-state index contributed by atoms with van der Waals surface area (Å²) in [6.07, 6.45) is 6.61. The molecule has 1 amide bonds. The number of hydrogen-bond donors (Lipinski definition) is 1. The molecule has 2 heterocycles. The molecule has 0 aromatic rings. The maximum absolute atomic E-state index is 12.3. The van der Waals surface area contributed by atoms with Crippen molar-refractivity contribution in [2.45, 2.75) is 50.6 Å². The van der Waals surface area contributed by atoms with E-state index in [1.807, 2.05) is 11.9 Å². The first-order valence-electron chi connectivity index (χ1n) is 7.34. The maximum Gasteiger partial charge on any atom is 0.224 e. The van der Waals surface area contributed by atoms with Gasteiger partial charge in [-0.2, -0.15) is 0 Å². The first-order chi connectivity index (χ1) is 8.66. The van der Waals surface area contributed by atoms with Crippen molar-refractivity contribution in [3.8, 4) is 0 Å². The fraction of sp³-hybridized carbons (Fsp3) is 0.929. The van der Waals surface area contributed by atoms with E-state index in [4.69, 9.17) is 0 Å². The van der Waals surface area contributed by atoms with Gasteiger partial charge in [0.1, 0.15) is 0 Å². The molecule has 0 radical (unpaired) electrons. The van der Waals surface area contributed by atoms with E-state index in [1.165, 1.54) is 12.8 Å². The lowest BCUT2D eigenvalue weighted by Gasteiger charge is -2.36. The molecular weight excluding hydrogens is 226 g/mol. The van der Waals surface area contributed by atoms with E-state index in [2.05, 4.69) is 17.3 Å². The standard InChI is InChI=1S/C14H27N3O/c1-16-9-6-13(7-10-16)17(2)14(18)11-12-5-3-4-8-15-12/h12-13,15H,3-11H2,1-2H3. The topological polar surface area (TPSA) is 35.6 Å². The van der Waals surface area contributed by atoms with Crippen molar-refractivity contribution in [3.63, 3.8) is 0 Å². The summed E-state index contributed by atoms with van der Waals surface area (Å²) in [5, 5.41) is 3.46. The van der Waals surface area contributed by atoms with Gasteiger partial charge in [-0.3, -0.25) is 4.79 Å². The zero-order valence-electron chi connectivity index (χ0n) is 11.8. The summed E-state index contributed by atoms with van der Waals surface area (Å²) in [7, 11) is 4.14. The minimum Gasteiger partial charge on any atom is -0.343 e. The molecule has 2 rings (SSSR count). The van der Waals surface area contributed by atoms with E-state index >= 15 is 0 Å². The van der Waals surface area contributed by atoms with Crippen molar-refractivity contribution in [2.75, 3.05) is 33.7 Å². The Balaban J connectivity index is 1.77. The van der Waals surface area contributed by atoms with Gasteiger partial charge < -0.3 is 15.1 Å². The Labute approximate surface area is 111 Å². The van der Waals surface area contributed by atoms with Gasteiger partial charge in [-0.1, -0.05) is 6.42 Å². The molecule has 2 aliphatic rings. The van der Waals surface area contributed by atoms with Gasteiger partial charge in [-0.25, -0.2) is 0 Å². The first kappa shape index (κ1) is 13.8. The van der Waals surface area contributed by atoms with Crippen molar-refractivity contribution >= 4 is 5.91 Å². The first-order valence-corrected chi connectivity index (χ1v) is 7.34. The van der Waals surface area contributed by atoms with E-state index in [-0.39, 0.29) is 0 Å². The Hall–Kier alpha value is -0.610. The van der Waals surface area contributed by atoms with Gasteiger partial charge in [0.25, 0.3) is 0 Å². The Kier molecular flexibility index (Phi) is 5.01. The van der Waals surface area contributed by atoms with Crippen LogP contribution >= 0.6 is 0 Å². The number of nitrogens with zero attached hydrogens (tertiary/aromatic N) is 2. The van der Waals surface area contributed by atoms with Crippen LogP contribution in [0.1, 0.15) is 38.5 Å². The van der Waals surface area contributed by atoms with Crippen molar-refractivity contribution in [2.24, 2.45) is 0 Å². The third kappa shape index (κ3) is 3.69. The van der Waals surface area contributed by atoms with Gasteiger partial charge >= 0.3 is 0 Å². The Morgan fingerprint density at radius 3 is 2.61 bits per heavy atom. The fourth-order valence-electron chi connectivity index (χ4n) is 3.04. The zero-order valence-corrected chi connectivity index (χ0v) is 11.8. The molecule has 18 heavy (non-hydrogen) atoms. The number of amides is 1. The maximum atomic E-state index is 12.3. The van der Waals surface area contributed by atoms with Crippen molar-refractivity contribution in [1.82, 2.24) is 15.1 Å². The predicted molar refractivity (Wildman–Crippen MR) is 73.5 cm³/mol. The molecule has 0 aliphatic carbocycles. The van der Waals surface area contributed by atoms with Crippen LogP contribution in [-0.4, -0.2) is 61.5 Å². The van der Waals surface area contributed by atoms with Gasteiger partial charge in [0, 0.05) is 25.6 Å². The minimum absolute atomic E-state index is 0.323. The highest BCUT2D eigenvalue weighted by molar-refractivity contribution is 5.76. The van der Waals surface area contributed by atoms with Crippen LogP contribution < -0.4 is 5.32 Å². The van der Waals surface area contributed by atoms with Gasteiger partial charge in [0.15, 0.2) is 0 Å². The van der Waals surface area contributed by atoms with E-state index in [9.17, 15) is 4.79 Å². The van der Waals surface area contributed by atoms with Gasteiger partial charge in [0.2, 0.25) is 5.91 Å². The Morgan fingerprint density at radius 1 is 1.28 bits per heavy atom. The van der Waals surface area contributed by atoms with Gasteiger partial charge in [0.05, 0.1) is 0 Å². The summed E-state index contributed by atoms with van der Waals surface area (Å²) in [6.45, 7) is 3.31. The molecule has 0 saturated carbocycles. The van der Waals surface area contributed by atoms with Crippen LogP contribution in [0.2, 0.25) is 0 Å². The molecule has 2 fully saturated rings. The molecule has 0 aromatic carbocycles. The second kappa shape index (κ2) is 6.53. The number of carbonyl (C=O) groups is 1. The van der Waals surface area contributed by atoms with E-state index < -0.39 is 0 Å². The smallest absolute Gasteiger partial charge is 0.224 e. The lowest BCUT2D eigenvalue weighted by molar-refractivity contribution is -0.133. The van der Waals surface area contributed by atoms with Crippen LogP contribution in [0.5, 0.6) is 0 Å². The van der Waals surface area contributed by atoms with Crippen LogP contribution in [-0.2, 0) is 4.79 Å². The molecule has 1 atom stereocenters. The molecular formula is C14H27N3O. The molecule has 1 N–H and O–H groups in total. The molecule has 2 aliphatic heterocycles. The molecule has 4 heteroatoms. The van der Waals surface area contributed by atoms with Crippen LogP contribution in [0.25, 0.3) is 0 Å². The average Bonchev–Trinajstić information content (AvgIpc) is 2.40. The van der Waals surface area contributed by atoms with Gasteiger partial charge in [-0.15, -0.1) is 0 Å². The minimum atomic E-state index is 0.323. The molecule has 104 valence electrons. The quantitative estimate of drug-likeness (QED) is 0.817. The highest BCUT2D eigenvalue weighted by atomic mass is 16.2. The van der Waals surface area contributed by atoms with Crippen LogP contribution in [0, 0.1) is 0 Å². The normalized spacial score (nSPS) is 27.1. The Morgan fingerprint density at radius 2 is 2.00 bits per heavy atom. The second-order valence-corrected chi connectivity index (χ2v) is 5.89. The highest BCUT2D eigenvalue weighted by Crippen LogP contribution is 2.17. The number of hydrogen-bond acceptors (Lipinski definition) is 3. The van der Waals surface area contributed by atoms with Crippen molar-refractivity contribution < 1.29 is 4.79 Å². The highest BCUT2D eigenvalue weighted by Gasteiger charge is 2.25. The Bertz CT molecular complexity index is 268. The summed E-state index contributed by atoms with van der Waals surface area (Å²) in [4.78, 5) is 16.6. The molecule has 1 unspecified atom stereocenters. The second-order valence-electron chi connectivity index (χ2n) is 5.89. The number of rotatable bonds is 3. The van der Waals surface area contributed by atoms with Crippen LogP contribution in [0.15, 0.2) is 0 Å². The molecule has 0 spiro atoms. The molecule has 0 bridgehead atoms. The summed E-state index contributed by atoms with van der Waals surface area (Å²) >= 11 is 0. The van der Waals surface area contributed by atoms with E-state index in [0.717, 1.165) is 38.9 Å². The van der Waals surface area contributed by atoms with E-state index in [0.29, 0.717) is 24.4 Å². The molecule has 0 aromatic heterocycles. The fourth-order valence-corrected chi connectivity index (χ4v) is 3.04. The number of nitrogens with one attached hydrogen (secondary N) is 1. The van der Waals surface area contributed by atoms with Gasteiger partial charge in [-0.05, 0) is 52.4 Å².